The Labute approximate surface area is 111 Å². The lowest BCUT2D eigenvalue weighted by Gasteiger charge is -2.10. The van der Waals surface area contributed by atoms with E-state index in [1.54, 1.807) is 11.8 Å². The van der Waals surface area contributed by atoms with E-state index < -0.39 is 0 Å². The number of nitrogens with zero attached hydrogens (tertiary/aromatic N) is 3. The van der Waals surface area contributed by atoms with Crippen LogP contribution in [-0.4, -0.2) is 26.3 Å². The number of halogens is 1. The zero-order valence-electron chi connectivity index (χ0n) is 10.0. The first kappa shape index (κ1) is 12.9. The van der Waals surface area contributed by atoms with Crippen molar-refractivity contribution in [1.29, 1.82) is 0 Å². The lowest BCUT2D eigenvalue weighted by molar-refractivity contribution is 0.219. The highest BCUT2D eigenvalue weighted by molar-refractivity contribution is 7.99. The maximum absolute atomic E-state index is 5.86. The molecular weight excluding hydrogens is 258 g/mol. The third kappa shape index (κ3) is 4.00. The van der Waals surface area contributed by atoms with Crippen LogP contribution >= 0.6 is 23.4 Å². The summed E-state index contributed by atoms with van der Waals surface area (Å²) in [5.41, 5.74) is 0. The summed E-state index contributed by atoms with van der Waals surface area (Å²) in [6, 6.07) is 0.320. The Morgan fingerprint density at radius 1 is 1.24 bits per heavy atom. The first-order valence-electron chi connectivity index (χ1n) is 5.88. The van der Waals surface area contributed by atoms with Crippen LogP contribution in [0, 0.1) is 0 Å². The molecule has 2 rings (SSSR count). The van der Waals surface area contributed by atoms with Crippen molar-refractivity contribution in [3.8, 4) is 6.01 Å². The van der Waals surface area contributed by atoms with Crippen molar-refractivity contribution in [2.45, 2.75) is 56.0 Å². The summed E-state index contributed by atoms with van der Waals surface area (Å²) in [6.07, 6.45) is 5.10. The van der Waals surface area contributed by atoms with Gasteiger partial charge in [0.05, 0.1) is 6.10 Å². The van der Waals surface area contributed by atoms with Crippen LogP contribution in [0.4, 0.5) is 0 Å². The van der Waals surface area contributed by atoms with Crippen molar-refractivity contribution in [2.24, 2.45) is 0 Å². The van der Waals surface area contributed by atoms with Crippen LogP contribution < -0.4 is 4.74 Å². The first-order valence-corrected chi connectivity index (χ1v) is 7.14. The molecule has 4 nitrogen and oxygen atoms in total. The Morgan fingerprint density at radius 3 is 2.59 bits per heavy atom. The summed E-state index contributed by atoms with van der Waals surface area (Å²) < 4.78 is 5.44. The van der Waals surface area contributed by atoms with Crippen LogP contribution in [0.3, 0.4) is 0 Å². The smallest absolute Gasteiger partial charge is 0.321 e. The summed E-state index contributed by atoms with van der Waals surface area (Å²) in [5, 5.41) is 1.49. The number of hydrogen-bond acceptors (Lipinski definition) is 5. The second-order valence-electron chi connectivity index (χ2n) is 4.36. The van der Waals surface area contributed by atoms with Gasteiger partial charge in [0, 0.05) is 5.25 Å². The molecule has 1 aromatic rings. The highest BCUT2D eigenvalue weighted by Crippen LogP contribution is 2.33. The SMILES string of the molecule is CC(C)Oc1nc(Cl)nc(SC2CCCC2)n1. The summed E-state index contributed by atoms with van der Waals surface area (Å²) in [4.78, 5) is 12.4. The Bertz CT molecular complexity index is 383. The van der Waals surface area contributed by atoms with Crippen LogP contribution in [0.25, 0.3) is 0 Å². The zero-order chi connectivity index (χ0) is 12.3. The normalized spacial score (nSPS) is 16.7. The van der Waals surface area contributed by atoms with E-state index >= 15 is 0 Å². The minimum absolute atomic E-state index is 0.0396. The Hall–Kier alpha value is -0.550. The molecule has 1 aliphatic carbocycles. The third-order valence-corrected chi connectivity index (χ3v) is 3.85. The molecule has 1 heterocycles. The topological polar surface area (TPSA) is 47.9 Å². The minimum Gasteiger partial charge on any atom is -0.461 e. The lowest BCUT2D eigenvalue weighted by Crippen LogP contribution is -2.10. The molecule has 0 N–H and O–H groups in total. The van der Waals surface area contributed by atoms with Gasteiger partial charge in [-0.25, -0.2) is 0 Å². The third-order valence-electron chi connectivity index (χ3n) is 2.48. The largest absolute Gasteiger partial charge is 0.461 e. The molecule has 0 spiro atoms. The molecule has 0 amide bonds. The van der Waals surface area contributed by atoms with Crippen molar-refractivity contribution in [1.82, 2.24) is 15.0 Å². The fourth-order valence-electron chi connectivity index (χ4n) is 1.79. The number of rotatable bonds is 4. The Kier molecular flexibility index (Phi) is 4.45. The average Bonchev–Trinajstić information content (AvgIpc) is 2.67. The quantitative estimate of drug-likeness (QED) is 0.842. The molecule has 0 radical (unpaired) electrons. The van der Waals surface area contributed by atoms with Gasteiger partial charge in [0.2, 0.25) is 5.28 Å². The van der Waals surface area contributed by atoms with E-state index in [1.807, 2.05) is 13.8 Å². The predicted octanol–water partition coefficient (Wildman–Crippen LogP) is 3.35. The van der Waals surface area contributed by atoms with Crippen LogP contribution in [0.2, 0.25) is 5.28 Å². The summed E-state index contributed by atoms with van der Waals surface area (Å²) in [7, 11) is 0. The molecule has 1 aromatic heterocycles. The van der Waals surface area contributed by atoms with Gasteiger partial charge >= 0.3 is 6.01 Å². The van der Waals surface area contributed by atoms with Gasteiger partial charge in [-0.2, -0.15) is 15.0 Å². The number of ether oxygens (including phenoxy) is 1. The van der Waals surface area contributed by atoms with Crippen molar-refractivity contribution in [3.63, 3.8) is 0 Å². The van der Waals surface area contributed by atoms with Gasteiger partial charge in [0.15, 0.2) is 5.16 Å². The number of hydrogen-bond donors (Lipinski definition) is 0. The monoisotopic (exact) mass is 273 g/mol. The van der Waals surface area contributed by atoms with Gasteiger partial charge in [0.25, 0.3) is 0 Å². The summed E-state index contributed by atoms with van der Waals surface area (Å²) in [6.45, 7) is 3.86. The highest BCUT2D eigenvalue weighted by atomic mass is 35.5. The van der Waals surface area contributed by atoms with E-state index in [1.165, 1.54) is 25.7 Å². The van der Waals surface area contributed by atoms with Crippen LogP contribution in [-0.2, 0) is 0 Å². The molecule has 0 bridgehead atoms. The first-order chi connectivity index (χ1) is 8.13. The van der Waals surface area contributed by atoms with Gasteiger partial charge < -0.3 is 4.74 Å². The standard InChI is InChI=1S/C11H16ClN3OS/c1-7(2)16-10-13-9(12)14-11(15-10)17-8-5-3-4-6-8/h7-8H,3-6H2,1-2H3. The molecular formula is C11H16ClN3OS. The lowest BCUT2D eigenvalue weighted by atomic mass is 10.4. The average molecular weight is 274 g/mol. The van der Waals surface area contributed by atoms with E-state index in [0.29, 0.717) is 16.4 Å². The van der Waals surface area contributed by atoms with Crippen molar-refractivity contribution in [3.05, 3.63) is 5.28 Å². The van der Waals surface area contributed by atoms with E-state index in [4.69, 9.17) is 16.3 Å². The van der Waals surface area contributed by atoms with Crippen molar-refractivity contribution in [2.75, 3.05) is 0 Å². The van der Waals surface area contributed by atoms with Gasteiger partial charge in [-0.1, -0.05) is 24.6 Å². The van der Waals surface area contributed by atoms with Gasteiger partial charge in [-0.15, -0.1) is 0 Å². The van der Waals surface area contributed by atoms with E-state index in [2.05, 4.69) is 15.0 Å². The maximum atomic E-state index is 5.86. The molecule has 0 saturated heterocycles. The molecule has 0 aliphatic heterocycles. The minimum atomic E-state index is 0.0396. The zero-order valence-corrected chi connectivity index (χ0v) is 11.6. The fraction of sp³-hybridized carbons (Fsp3) is 0.727. The Balaban J connectivity index is 2.07. The fourth-order valence-corrected chi connectivity index (χ4v) is 3.13. The molecule has 17 heavy (non-hydrogen) atoms. The second-order valence-corrected chi connectivity index (χ2v) is 5.97. The molecule has 0 atom stereocenters. The maximum Gasteiger partial charge on any atom is 0.321 e. The molecule has 6 heteroatoms. The number of thioether (sulfide) groups is 1. The van der Waals surface area contributed by atoms with E-state index in [-0.39, 0.29) is 11.4 Å². The second kappa shape index (κ2) is 5.87. The number of aromatic nitrogens is 3. The predicted molar refractivity (Wildman–Crippen MR) is 68.7 cm³/mol. The molecule has 1 fully saturated rings. The van der Waals surface area contributed by atoms with Crippen LogP contribution in [0.1, 0.15) is 39.5 Å². The van der Waals surface area contributed by atoms with Crippen LogP contribution in [0.15, 0.2) is 5.16 Å². The molecule has 0 aromatic carbocycles. The van der Waals surface area contributed by atoms with Gasteiger partial charge in [-0.3, -0.25) is 0 Å². The molecule has 94 valence electrons. The molecule has 1 aliphatic rings. The summed E-state index contributed by atoms with van der Waals surface area (Å²) >= 11 is 7.54. The van der Waals surface area contributed by atoms with Crippen LogP contribution in [0.5, 0.6) is 6.01 Å². The van der Waals surface area contributed by atoms with Gasteiger partial charge in [0.1, 0.15) is 0 Å². The van der Waals surface area contributed by atoms with E-state index in [9.17, 15) is 0 Å². The van der Waals surface area contributed by atoms with E-state index in [0.717, 1.165) is 0 Å². The molecule has 1 saturated carbocycles. The van der Waals surface area contributed by atoms with Crippen molar-refractivity contribution < 1.29 is 4.74 Å². The molecule has 0 unspecified atom stereocenters. The van der Waals surface area contributed by atoms with Crippen molar-refractivity contribution >= 4 is 23.4 Å². The summed E-state index contributed by atoms with van der Waals surface area (Å²) in [5.74, 6) is 0. The highest BCUT2D eigenvalue weighted by Gasteiger charge is 2.18. The van der Waals surface area contributed by atoms with Gasteiger partial charge in [-0.05, 0) is 38.3 Å². The Morgan fingerprint density at radius 2 is 1.94 bits per heavy atom.